The molecule has 2 amide bonds. The molecule has 3 aromatic rings. The number of carbonyl (C=O) groups excluding carboxylic acids is 2. The van der Waals surface area contributed by atoms with Gasteiger partial charge in [0.15, 0.2) is 0 Å². The number of hydrogen-bond acceptors (Lipinski definition) is 3. The fourth-order valence-electron chi connectivity index (χ4n) is 3.74. The van der Waals surface area contributed by atoms with Gasteiger partial charge in [0, 0.05) is 5.69 Å². The summed E-state index contributed by atoms with van der Waals surface area (Å²) in [6, 6.07) is 20.7. The molecule has 0 unspecified atom stereocenters. The van der Waals surface area contributed by atoms with Crippen LogP contribution in [0.15, 0.2) is 78.5 Å². The van der Waals surface area contributed by atoms with Gasteiger partial charge in [0.1, 0.15) is 11.5 Å². The van der Waals surface area contributed by atoms with E-state index in [0.717, 1.165) is 12.0 Å². The van der Waals surface area contributed by atoms with Crippen molar-refractivity contribution < 1.29 is 14.0 Å². The second kappa shape index (κ2) is 8.79. The quantitative estimate of drug-likeness (QED) is 0.497. The topological polar surface area (TPSA) is 49.4 Å². The molecular weight excluding hydrogens is 403 g/mol. The summed E-state index contributed by atoms with van der Waals surface area (Å²) >= 11 is 0. The first kappa shape index (κ1) is 21.5. The first-order valence-electron chi connectivity index (χ1n) is 10.7. The summed E-state index contributed by atoms with van der Waals surface area (Å²) in [5.74, 6) is -0.898. The van der Waals surface area contributed by atoms with E-state index >= 15 is 0 Å². The van der Waals surface area contributed by atoms with E-state index in [1.54, 1.807) is 12.1 Å². The van der Waals surface area contributed by atoms with E-state index in [1.165, 1.54) is 34.7 Å². The molecule has 4 nitrogen and oxygen atoms in total. The van der Waals surface area contributed by atoms with Crippen LogP contribution in [0.3, 0.4) is 0 Å². The lowest BCUT2D eigenvalue weighted by atomic mass is 10.0. The number of amides is 2. The molecule has 162 valence electrons. The molecule has 32 heavy (non-hydrogen) atoms. The Morgan fingerprint density at radius 1 is 0.844 bits per heavy atom. The minimum atomic E-state index is -0.438. The normalized spacial score (nSPS) is 14.0. The highest BCUT2D eigenvalue weighted by molar-refractivity contribution is 6.46. The summed E-state index contributed by atoms with van der Waals surface area (Å²) in [6.07, 6.45) is 0.862. The van der Waals surface area contributed by atoms with E-state index in [1.807, 2.05) is 43.3 Å². The third kappa shape index (κ3) is 4.06. The van der Waals surface area contributed by atoms with Crippen molar-refractivity contribution in [2.75, 3.05) is 10.2 Å². The fraction of sp³-hybridized carbons (Fsp3) is 0.185. The number of imide groups is 1. The van der Waals surface area contributed by atoms with Crippen LogP contribution in [0.4, 0.5) is 15.8 Å². The smallest absolute Gasteiger partial charge is 0.282 e. The number of anilines is 2. The van der Waals surface area contributed by atoms with Crippen LogP contribution in [-0.4, -0.2) is 11.8 Å². The maximum atomic E-state index is 13.5. The van der Waals surface area contributed by atoms with Crippen LogP contribution in [0.1, 0.15) is 43.4 Å². The number of hydrogen-bond donors (Lipinski definition) is 1. The summed E-state index contributed by atoms with van der Waals surface area (Å²) in [5.41, 5.74) is 4.38. The van der Waals surface area contributed by atoms with Gasteiger partial charge in [-0.2, -0.15) is 0 Å². The van der Waals surface area contributed by atoms with Gasteiger partial charge in [-0.05, 0) is 65.4 Å². The number of aryl methyl sites for hydroxylation is 1. The van der Waals surface area contributed by atoms with Gasteiger partial charge in [0.2, 0.25) is 0 Å². The summed E-state index contributed by atoms with van der Waals surface area (Å²) < 4.78 is 13.5. The fourth-order valence-corrected chi connectivity index (χ4v) is 3.74. The van der Waals surface area contributed by atoms with E-state index in [9.17, 15) is 14.0 Å². The average Bonchev–Trinajstić information content (AvgIpc) is 3.04. The Kier molecular flexibility index (Phi) is 5.91. The molecular formula is C27H25FN2O2. The molecule has 0 fully saturated rings. The van der Waals surface area contributed by atoms with E-state index in [0.29, 0.717) is 22.9 Å². The van der Waals surface area contributed by atoms with Crippen molar-refractivity contribution in [2.45, 2.75) is 33.1 Å². The van der Waals surface area contributed by atoms with Gasteiger partial charge in [-0.25, -0.2) is 9.29 Å². The molecule has 3 aromatic carbocycles. The molecule has 0 aromatic heterocycles. The molecule has 4 rings (SSSR count). The molecule has 0 bridgehead atoms. The van der Waals surface area contributed by atoms with E-state index in [2.05, 4.69) is 19.2 Å². The highest BCUT2D eigenvalue weighted by Gasteiger charge is 2.40. The predicted octanol–water partition coefficient (Wildman–Crippen LogP) is 5.91. The van der Waals surface area contributed by atoms with Gasteiger partial charge in [0.25, 0.3) is 11.8 Å². The minimum Gasteiger partial charge on any atom is -0.350 e. The predicted molar refractivity (Wildman–Crippen MR) is 126 cm³/mol. The molecule has 5 heteroatoms. The van der Waals surface area contributed by atoms with Crippen molar-refractivity contribution in [2.24, 2.45) is 0 Å². The molecule has 0 aliphatic carbocycles. The Labute approximate surface area is 187 Å². The molecule has 1 aliphatic heterocycles. The number of nitrogens with zero attached hydrogens (tertiary/aromatic N) is 1. The monoisotopic (exact) mass is 428 g/mol. The molecule has 1 heterocycles. The van der Waals surface area contributed by atoms with Crippen molar-refractivity contribution in [3.8, 4) is 0 Å². The number of carbonyl (C=O) groups is 2. The highest BCUT2D eigenvalue weighted by Crippen LogP contribution is 2.34. The van der Waals surface area contributed by atoms with Gasteiger partial charge >= 0.3 is 0 Å². The molecule has 0 saturated heterocycles. The van der Waals surface area contributed by atoms with Crippen LogP contribution >= 0.6 is 0 Å². The van der Waals surface area contributed by atoms with Crippen molar-refractivity contribution in [3.05, 3.63) is 101 Å². The Bertz CT molecular complexity index is 1180. The maximum absolute atomic E-state index is 13.5. The summed E-state index contributed by atoms with van der Waals surface area (Å²) in [4.78, 5) is 28.0. The Morgan fingerprint density at radius 2 is 1.47 bits per heavy atom. The Balaban J connectivity index is 1.76. The molecule has 0 radical (unpaired) electrons. The second-order valence-corrected chi connectivity index (χ2v) is 8.12. The van der Waals surface area contributed by atoms with Crippen LogP contribution < -0.4 is 10.2 Å². The zero-order valence-electron chi connectivity index (χ0n) is 18.4. The van der Waals surface area contributed by atoms with Crippen LogP contribution in [0, 0.1) is 5.82 Å². The van der Waals surface area contributed by atoms with Gasteiger partial charge in [-0.1, -0.05) is 57.2 Å². The van der Waals surface area contributed by atoms with E-state index < -0.39 is 17.6 Å². The Morgan fingerprint density at radius 3 is 2.03 bits per heavy atom. The molecule has 0 spiro atoms. The van der Waals surface area contributed by atoms with E-state index in [-0.39, 0.29) is 11.3 Å². The van der Waals surface area contributed by atoms with Crippen LogP contribution in [0.2, 0.25) is 0 Å². The largest absolute Gasteiger partial charge is 0.350 e. The van der Waals surface area contributed by atoms with E-state index in [4.69, 9.17) is 0 Å². The summed E-state index contributed by atoms with van der Waals surface area (Å²) in [7, 11) is 0. The zero-order chi connectivity index (χ0) is 22.8. The van der Waals surface area contributed by atoms with Gasteiger partial charge in [-0.15, -0.1) is 0 Å². The Hall–Kier alpha value is -3.73. The second-order valence-electron chi connectivity index (χ2n) is 8.12. The molecule has 1 aliphatic rings. The minimum absolute atomic E-state index is 0.179. The highest BCUT2D eigenvalue weighted by atomic mass is 19.1. The van der Waals surface area contributed by atoms with Gasteiger partial charge in [0.05, 0.1) is 11.3 Å². The van der Waals surface area contributed by atoms with Gasteiger partial charge < -0.3 is 5.32 Å². The lowest BCUT2D eigenvalue weighted by Gasteiger charge is -2.16. The van der Waals surface area contributed by atoms with Crippen LogP contribution in [-0.2, 0) is 16.0 Å². The summed E-state index contributed by atoms with van der Waals surface area (Å²) in [6.45, 7) is 6.26. The first-order chi connectivity index (χ1) is 15.4. The SMILES string of the molecule is CCc1ccc(N2C(=O)C(Nc3ccc(C(C)C)cc3)=C(c3ccc(F)cc3)C2=O)cc1. The molecule has 0 atom stereocenters. The number of nitrogens with one attached hydrogen (secondary N) is 1. The summed E-state index contributed by atoms with van der Waals surface area (Å²) in [5, 5.41) is 3.15. The van der Waals surface area contributed by atoms with Crippen molar-refractivity contribution in [1.29, 1.82) is 0 Å². The maximum Gasteiger partial charge on any atom is 0.282 e. The zero-order valence-corrected chi connectivity index (χ0v) is 18.4. The molecule has 1 N–H and O–H groups in total. The van der Waals surface area contributed by atoms with Crippen LogP contribution in [0.25, 0.3) is 5.57 Å². The third-order valence-corrected chi connectivity index (χ3v) is 5.67. The number of benzene rings is 3. The number of halogens is 1. The van der Waals surface area contributed by atoms with Crippen molar-refractivity contribution >= 4 is 28.8 Å². The average molecular weight is 429 g/mol. The number of rotatable bonds is 6. The van der Waals surface area contributed by atoms with Gasteiger partial charge in [-0.3, -0.25) is 9.59 Å². The lowest BCUT2D eigenvalue weighted by Crippen LogP contribution is -2.32. The van der Waals surface area contributed by atoms with Crippen molar-refractivity contribution in [1.82, 2.24) is 0 Å². The lowest BCUT2D eigenvalue weighted by molar-refractivity contribution is -0.120. The molecule has 0 saturated carbocycles. The van der Waals surface area contributed by atoms with Crippen LogP contribution in [0.5, 0.6) is 0 Å². The third-order valence-electron chi connectivity index (χ3n) is 5.67. The first-order valence-corrected chi connectivity index (χ1v) is 10.7. The van der Waals surface area contributed by atoms with Crippen molar-refractivity contribution in [3.63, 3.8) is 0 Å². The standard InChI is InChI=1S/C27H25FN2O2/c1-4-18-5-15-23(16-6-18)30-26(31)24(20-7-11-21(28)12-8-20)25(27(30)32)29-22-13-9-19(10-14-22)17(2)3/h5-17,29H,4H2,1-3H3.